The number of aliphatic hydroxyl groups excluding tert-OH is 1. The summed E-state index contributed by atoms with van der Waals surface area (Å²) >= 11 is 0. The molecule has 5 nitrogen and oxygen atoms in total. The quantitative estimate of drug-likeness (QED) is 0.776. The lowest BCUT2D eigenvalue weighted by atomic mass is 10.2. The van der Waals surface area contributed by atoms with Crippen molar-refractivity contribution in [2.24, 2.45) is 0 Å². The predicted octanol–water partition coefficient (Wildman–Crippen LogP) is 0.731. The van der Waals surface area contributed by atoms with Crippen molar-refractivity contribution in [3.63, 3.8) is 0 Å². The van der Waals surface area contributed by atoms with Gasteiger partial charge in [-0.2, -0.15) is 0 Å². The standard InChI is InChI=1S/C15H23NO4S/c17-15(11-20-10-13-5-2-1-3-6-13)9-16-14-7-4-8-21(18,19)12-14/h1-3,5-6,14-17H,4,7-12H2. The summed E-state index contributed by atoms with van der Waals surface area (Å²) in [6, 6.07) is 9.73. The Kier molecular flexibility index (Phi) is 6.17. The Bertz CT molecular complexity index is 518. The van der Waals surface area contributed by atoms with Crippen LogP contribution in [0, 0.1) is 0 Å². The van der Waals surface area contributed by atoms with Gasteiger partial charge in [0.05, 0.1) is 30.8 Å². The molecule has 2 N–H and O–H groups in total. The summed E-state index contributed by atoms with van der Waals surface area (Å²) in [6.45, 7) is 1.06. The molecule has 1 heterocycles. The molecule has 0 bridgehead atoms. The predicted molar refractivity (Wildman–Crippen MR) is 81.8 cm³/mol. The molecule has 1 saturated heterocycles. The van der Waals surface area contributed by atoms with E-state index in [0.717, 1.165) is 12.0 Å². The molecule has 1 aliphatic heterocycles. The van der Waals surface area contributed by atoms with E-state index in [1.807, 2.05) is 30.3 Å². The SMILES string of the molecule is O=S1(=O)CCCC(NCC(O)COCc2ccccc2)C1. The number of rotatable bonds is 7. The summed E-state index contributed by atoms with van der Waals surface area (Å²) in [5.74, 6) is 0.457. The fourth-order valence-corrected chi connectivity index (χ4v) is 4.10. The van der Waals surface area contributed by atoms with Gasteiger partial charge >= 0.3 is 0 Å². The van der Waals surface area contributed by atoms with Crippen LogP contribution in [0.3, 0.4) is 0 Å². The highest BCUT2D eigenvalue weighted by molar-refractivity contribution is 7.91. The first-order valence-electron chi connectivity index (χ1n) is 7.29. The zero-order chi connectivity index (χ0) is 15.1. The molecule has 0 aliphatic carbocycles. The molecule has 1 aromatic rings. The van der Waals surface area contributed by atoms with Crippen LogP contribution in [0.2, 0.25) is 0 Å². The van der Waals surface area contributed by atoms with Gasteiger partial charge in [0.1, 0.15) is 0 Å². The summed E-state index contributed by atoms with van der Waals surface area (Å²) < 4.78 is 28.5. The summed E-state index contributed by atoms with van der Waals surface area (Å²) in [4.78, 5) is 0. The van der Waals surface area contributed by atoms with Gasteiger partial charge in [-0.05, 0) is 18.4 Å². The zero-order valence-corrected chi connectivity index (χ0v) is 12.9. The van der Waals surface area contributed by atoms with Gasteiger partial charge in [-0.1, -0.05) is 30.3 Å². The summed E-state index contributed by atoms with van der Waals surface area (Å²) in [6.07, 6.45) is 0.913. The molecule has 2 rings (SSSR count). The van der Waals surface area contributed by atoms with E-state index in [1.165, 1.54) is 0 Å². The highest BCUT2D eigenvalue weighted by atomic mass is 32.2. The van der Waals surface area contributed by atoms with Crippen LogP contribution in [0.4, 0.5) is 0 Å². The van der Waals surface area contributed by atoms with E-state index in [4.69, 9.17) is 4.74 Å². The van der Waals surface area contributed by atoms with Crippen LogP contribution >= 0.6 is 0 Å². The number of benzene rings is 1. The number of hydrogen-bond acceptors (Lipinski definition) is 5. The highest BCUT2D eigenvalue weighted by Gasteiger charge is 2.24. The molecule has 0 aromatic heterocycles. The Hall–Kier alpha value is -0.950. The maximum Gasteiger partial charge on any atom is 0.151 e. The fourth-order valence-electron chi connectivity index (χ4n) is 2.43. The monoisotopic (exact) mass is 313 g/mol. The normalized spacial score (nSPS) is 22.8. The second kappa shape index (κ2) is 7.89. The molecule has 2 unspecified atom stereocenters. The van der Waals surface area contributed by atoms with Gasteiger partial charge in [0.25, 0.3) is 0 Å². The van der Waals surface area contributed by atoms with E-state index >= 15 is 0 Å². The molecule has 1 aliphatic rings. The smallest absolute Gasteiger partial charge is 0.151 e. The van der Waals surface area contributed by atoms with Gasteiger partial charge in [0.15, 0.2) is 9.84 Å². The summed E-state index contributed by atoms with van der Waals surface area (Å²) in [7, 11) is -2.91. The van der Waals surface area contributed by atoms with Gasteiger partial charge in [-0.15, -0.1) is 0 Å². The Morgan fingerprint density at radius 2 is 2.10 bits per heavy atom. The average Bonchev–Trinajstić information content (AvgIpc) is 2.45. The van der Waals surface area contributed by atoms with E-state index in [2.05, 4.69) is 5.32 Å². The van der Waals surface area contributed by atoms with Crippen molar-refractivity contribution in [3.8, 4) is 0 Å². The molecular formula is C15H23NO4S. The molecule has 6 heteroatoms. The van der Waals surface area contributed by atoms with Gasteiger partial charge < -0.3 is 15.2 Å². The summed E-state index contributed by atoms with van der Waals surface area (Å²) in [5, 5.41) is 13.0. The maximum absolute atomic E-state index is 11.5. The zero-order valence-electron chi connectivity index (χ0n) is 12.1. The topological polar surface area (TPSA) is 75.6 Å². The van der Waals surface area contributed by atoms with E-state index < -0.39 is 15.9 Å². The number of aliphatic hydroxyl groups is 1. The molecular weight excluding hydrogens is 290 g/mol. The van der Waals surface area contributed by atoms with Crippen LogP contribution in [0.15, 0.2) is 30.3 Å². The van der Waals surface area contributed by atoms with E-state index in [1.54, 1.807) is 0 Å². The van der Waals surface area contributed by atoms with Crippen molar-refractivity contribution in [2.45, 2.75) is 31.6 Å². The van der Waals surface area contributed by atoms with Crippen molar-refractivity contribution in [1.82, 2.24) is 5.32 Å². The molecule has 0 amide bonds. The minimum atomic E-state index is -2.91. The van der Waals surface area contributed by atoms with Gasteiger partial charge in [-0.3, -0.25) is 0 Å². The Morgan fingerprint density at radius 3 is 2.81 bits per heavy atom. The van der Waals surface area contributed by atoms with Crippen LogP contribution in [0.25, 0.3) is 0 Å². The van der Waals surface area contributed by atoms with E-state index in [-0.39, 0.29) is 24.2 Å². The van der Waals surface area contributed by atoms with Crippen molar-refractivity contribution >= 4 is 9.84 Å². The number of hydrogen-bond donors (Lipinski definition) is 2. The second-order valence-electron chi connectivity index (χ2n) is 5.52. The lowest BCUT2D eigenvalue weighted by molar-refractivity contribution is 0.0277. The molecule has 0 radical (unpaired) electrons. The largest absolute Gasteiger partial charge is 0.389 e. The van der Waals surface area contributed by atoms with E-state index in [0.29, 0.717) is 19.6 Å². The number of ether oxygens (including phenoxy) is 1. The molecule has 1 aromatic carbocycles. The third kappa shape index (κ3) is 6.13. The van der Waals surface area contributed by atoms with Gasteiger partial charge in [0.2, 0.25) is 0 Å². The van der Waals surface area contributed by atoms with Crippen molar-refractivity contribution in [1.29, 1.82) is 0 Å². The van der Waals surface area contributed by atoms with Crippen LogP contribution in [-0.2, 0) is 21.2 Å². The minimum Gasteiger partial charge on any atom is -0.389 e. The van der Waals surface area contributed by atoms with Gasteiger partial charge in [-0.25, -0.2) is 8.42 Å². The first kappa shape index (κ1) is 16.4. The second-order valence-corrected chi connectivity index (χ2v) is 7.75. The van der Waals surface area contributed by atoms with E-state index in [9.17, 15) is 13.5 Å². The Balaban J connectivity index is 1.62. The first-order chi connectivity index (χ1) is 10.1. The first-order valence-corrected chi connectivity index (χ1v) is 9.11. The number of sulfone groups is 1. The third-order valence-electron chi connectivity index (χ3n) is 3.53. The average molecular weight is 313 g/mol. The van der Waals surface area contributed by atoms with Crippen LogP contribution in [-0.4, -0.2) is 50.3 Å². The molecule has 0 saturated carbocycles. The number of nitrogens with one attached hydrogen (secondary N) is 1. The van der Waals surface area contributed by atoms with Crippen LogP contribution in [0.5, 0.6) is 0 Å². The molecule has 0 spiro atoms. The highest BCUT2D eigenvalue weighted by Crippen LogP contribution is 2.11. The van der Waals surface area contributed by atoms with Crippen molar-refractivity contribution in [2.75, 3.05) is 24.7 Å². The Labute approximate surface area is 126 Å². The third-order valence-corrected chi connectivity index (χ3v) is 5.35. The molecule has 1 fully saturated rings. The molecule has 118 valence electrons. The van der Waals surface area contributed by atoms with Gasteiger partial charge in [0, 0.05) is 12.6 Å². The lowest BCUT2D eigenvalue weighted by Crippen LogP contribution is -2.44. The minimum absolute atomic E-state index is 0.0486. The fraction of sp³-hybridized carbons (Fsp3) is 0.600. The molecule has 2 atom stereocenters. The maximum atomic E-state index is 11.5. The van der Waals surface area contributed by atoms with Crippen molar-refractivity contribution < 1.29 is 18.3 Å². The van der Waals surface area contributed by atoms with Crippen LogP contribution in [0.1, 0.15) is 18.4 Å². The van der Waals surface area contributed by atoms with Crippen molar-refractivity contribution in [3.05, 3.63) is 35.9 Å². The Morgan fingerprint density at radius 1 is 1.33 bits per heavy atom. The van der Waals surface area contributed by atoms with Crippen LogP contribution < -0.4 is 5.32 Å². The molecule has 21 heavy (non-hydrogen) atoms. The summed E-state index contributed by atoms with van der Waals surface area (Å²) in [5.41, 5.74) is 1.07. The lowest BCUT2D eigenvalue weighted by Gasteiger charge is -2.24.